The van der Waals surface area contributed by atoms with Gasteiger partial charge in [0.25, 0.3) is 0 Å². The predicted molar refractivity (Wildman–Crippen MR) is 108 cm³/mol. The largest absolute Gasteiger partial charge is 0.463 e. The highest BCUT2D eigenvalue weighted by molar-refractivity contribution is 6.35. The third-order valence-electron chi connectivity index (χ3n) is 5.07. The first-order valence-corrected chi connectivity index (χ1v) is 9.68. The second-order valence-corrected chi connectivity index (χ2v) is 7.68. The molecule has 0 amide bonds. The zero-order chi connectivity index (χ0) is 19.3. The molecule has 28 heavy (non-hydrogen) atoms. The fourth-order valence-corrected chi connectivity index (χ4v) is 4.32. The van der Waals surface area contributed by atoms with Crippen LogP contribution in [-0.2, 0) is 0 Å². The summed E-state index contributed by atoms with van der Waals surface area (Å²) in [7, 11) is 0. The van der Waals surface area contributed by atoms with Crippen LogP contribution in [0.25, 0.3) is 0 Å². The van der Waals surface area contributed by atoms with Crippen molar-refractivity contribution in [3.8, 4) is 5.75 Å². The maximum atomic E-state index is 13.3. The Hall–Kier alpha value is -2.56. The maximum absolute atomic E-state index is 13.3. The molecule has 0 aromatic heterocycles. The van der Waals surface area contributed by atoms with E-state index in [4.69, 9.17) is 33.0 Å². The molecule has 0 spiro atoms. The van der Waals surface area contributed by atoms with Crippen molar-refractivity contribution in [2.24, 2.45) is 5.10 Å². The van der Waals surface area contributed by atoms with Gasteiger partial charge < -0.3 is 4.74 Å². The van der Waals surface area contributed by atoms with Gasteiger partial charge in [0, 0.05) is 22.6 Å². The van der Waals surface area contributed by atoms with Crippen molar-refractivity contribution >= 4 is 28.9 Å². The van der Waals surface area contributed by atoms with Gasteiger partial charge in [-0.15, -0.1) is 0 Å². The number of nitrogens with zero attached hydrogens (tertiary/aromatic N) is 2. The highest BCUT2D eigenvalue weighted by Crippen LogP contribution is 2.50. The average Bonchev–Trinajstić information content (AvgIpc) is 3.14. The number of hydrogen-bond donors (Lipinski definition) is 0. The van der Waals surface area contributed by atoms with Gasteiger partial charge in [0.15, 0.2) is 0 Å². The summed E-state index contributed by atoms with van der Waals surface area (Å²) in [5.74, 6) is 0.367. The van der Waals surface area contributed by atoms with E-state index in [0.29, 0.717) is 22.2 Å². The van der Waals surface area contributed by atoms with Crippen molar-refractivity contribution in [2.75, 3.05) is 0 Å². The number of hydrazone groups is 1. The van der Waals surface area contributed by atoms with E-state index < -0.39 is 6.23 Å². The van der Waals surface area contributed by atoms with Crippen molar-refractivity contribution < 1.29 is 9.13 Å². The lowest BCUT2D eigenvalue weighted by atomic mass is 9.96. The molecular weight excluding hydrogens is 398 g/mol. The third kappa shape index (κ3) is 2.93. The molecule has 0 saturated carbocycles. The van der Waals surface area contributed by atoms with E-state index in [1.165, 1.54) is 12.1 Å². The summed E-state index contributed by atoms with van der Waals surface area (Å²) in [6.07, 6.45) is 0.248. The van der Waals surface area contributed by atoms with E-state index in [0.717, 1.165) is 22.4 Å². The third-order valence-corrected chi connectivity index (χ3v) is 5.57. The SMILES string of the molecule is Fc1ccc(C2=NN3C(C2)c2cc(Cl)cc(Cl)c2OC3c2ccccc2)cc1. The van der Waals surface area contributed by atoms with Gasteiger partial charge in [-0.25, -0.2) is 9.40 Å². The van der Waals surface area contributed by atoms with Gasteiger partial charge in [0.1, 0.15) is 11.6 Å². The van der Waals surface area contributed by atoms with E-state index in [9.17, 15) is 4.39 Å². The molecule has 2 aliphatic heterocycles. The Balaban J connectivity index is 1.63. The average molecular weight is 413 g/mol. The van der Waals surface area contributed by atoms with Crippen molar-refractivity contribution in [1.82, 2.24) is 5.01 Å². The van der Waals surface area contributed by atoms with Gasteiger partial charge in [-0.05, 0) is 29.8 Å². The van der Waals surface area contributed by atoms with Crippen LogP contribution < -0.4 is 4.74 Å². The Morgan fingerprint density at radius 3 is 2.50 bits per heavy atom. The van der Waals surface area contributed by atoms with E-state index in [1.807, 2.05) is 41.4 Å². The molecule has 3 nitrogen and oxygen atoms in total. The molecule has 5 rings (SSSR count). The number of hydrogen-bond acceptors (Lipinski definition) is 3. The molecule has 2 aliphatic rings. The highest BCUT2D eigenvalue weighted by Gasteiger charge is 2.42. The van der Waals surface area contributed by atoms with Crippen molar-refractivity contribution in [3.63, 3.8) is 0 Å². The summed E-state index contributed by atoms with van der Waals surface area (Å²) in [6.45, 7) is 0. The predicted octanol–water partition coefficient (Wildman–Crippen LogP) is 6.37. The van der Waals surface area contributed by atoms with Crippen LogP contribution in [0.2, 0.25) is 10.0 Å². The molecule has 0 radical (unpaired) electrons. The first kappa shape index (κ1) is 17.5. The minimum atomic E-state index is -0.407. The smallest absolute Gasteiger partial charge is 0.213 e. The Morgan fingerprint density at radius 2 is 1.75 bits per heavy atom. The van der Waals surface area contributed by atoms with Crippen LogP contribution in [0.5, 0.6) is 5.75 Å². The maximum Gasteiger partial charge on any atom is 0.213 e. The molecule has 2 atom stereocenters. The summed E-state index contributed by atoms with van der Waals surface area (Å²) in [4.78, 5) is 0. The molecule has 2 unspecified atom stereocenters. The minimum absolute atomic E-state index is 0.0646. The molecule has 2 heterocycles. The van der Waals surface area contributed by atoms with Crippen LogP contribution in [0.15, 0.2) is 71.8 Å². The number of fused-ring (bicyclic) bond motifs is 3. The molecule has 0 bridgehead atoms. The number of benzene rings is 3. The second-order valence-electron chi connectivity index (χ2n) is 6.84. The number of ether oxygens (including phenoxy) is 1. The van der Waals surface area contributed by atoms with E-state index in [-0.39, 0.29) is 11.9 Å². The van der Waals surface area contributed by atoms with Crippen LogP contribution in [0.1, 0.15) is 35.4 Å². The van der Waals surface area contributed by atoms with Crippen LogP contribution in [0.3, 0.4) is 0 Å². The van der Waals surface area contributed by atoms with E-state index >= 15 is 0 Å². The van der Waals surface area contributed by atoms with Gasteiger partial charge in [0.05, 0.1) is 16.8 Å². The zero-order valence-electron chi connectivity index (χ0n) is 14.6. The van der Waals surface area contributed by atoms with Crippen LogP contribution in [0, 0.1) is 5.82 Å². The fraction of sp³-hybridized carbons (Fsp3) is 0.136. The first-order chi connectivity index (χ1) is 13.6. The summed E-state index contributed by atoms with van der Waals surface area (Å²) in [5.41, 5.74) is 3.65. The summed E-state index contributed by atoms with van der Waals surface area (Å²) in [6, 6.07) is 19.8. The van der Waals surface area contributed by atoms with Crippen molar-refractivity contribution in [3.05, 3.63) is 99.3 Å². The molecule has 140 valence electrons. The van der Waals surface area contributed by atoms with Crippen LogP contribution in [0.4, 0.5) is 4.39 Å². The van der Waals surface area contributed by atoms with Crippen LogP contribution in [-0.4, -0.2) is 10.7 Å². The number of halogens is 3. The lowest BCUT2D eigenvalue weighted by Gasteiger charge is -2.38. The molecule has 3 aromatic rings. The first-order valence-electron chi connectivity index (χ1n) is 8.92. The Labute approximate surface area is 172 Å². The molecule has 0 N–H and O–H groups in total. The van der Waals surface area contributed by atoms with Gasteiger partial charge in [-0.2, -0.15) is 5.10 Å². The fourth-order valence-electron chi connectivity index (χ4n) is 3.77. The van der Waals surface area contributed by atoms with Crippen molar-refractivity contribution in [2.45, 2.75) is 18.7 Å². The zero-order valence-corrected chi connectivity index (χ0v) is 16.2. The second kappa shape index (κ2) is 6.80. The molecule has 6 heteroatoms. The van der Waals surface area contributed by atoms with Gasteiger partial charge in [-0.3, -0.25) is 0 Å². The molecule has 0 fully saturated rings. The molecule has 3 aromatic carbocycles. The normalized spacial score (nSPS) is 20.2. The standard InChI is InChI=1S/C22H15Cl2FN2O/c23-15-10-17-20-12-19(13-6-8-16(25)9-7-13)26-27(20)22(14-4-2-1-3-5-14)28-21(17)18(24)11-15/h1-11,20,22H,12H2. The molecule has 0 saturated heterocycles. The van der Waals surface area contributed by atoms with Gasteiger partial charge in [0.2, 0.25) is 6.23 Å². The summed E-state index contributed by atoms with van der Waals surface area (Å²) < 4.78 is 19.6. The Morgan fingerprint density at radius 1 is 1.00 bits per heavy atom. The lowest BCUT2D eigenvalue weighted by molar-refractivity contribution is -0.0189. The molecule has 0 aliphatic carbocycles. The van der Waals surface area contributed by atoms with Crippen LogP contribution >= 0.6 is 23.2 Å². The van der Waals surface area contributed by atoms with E-state index in [1.54, 1.807) is 18.2 Å². The highest BCUT2D eigenvalue weighted by atomic mass is 35.5. The van der Waals surface area contributed by atoms with Crippen molar-refractivity contribution in [1.29, 1.82) is 0 Å². The van der Waals surface area contributed by atoms with Gasteiger partial charge >= 0.3 is 0 Å². The monoisotopic (exact) mass is 412 g/mol. The molecular formula is C22H15Cl2FN2O. The van der Waals surface area contributed by atoms with E-state index in [2.05, 4.69) is 0 Å². The van der Waals surface area contributed by atoms with Gasteiger partial charge in [-0.1, -0.05) is 65.7 Å². The lowest BCUT2D eigenvalue weighted by Crippen LogP contribution is -2.33. The quantitative estimate of drug-likeness (QED) is 0.487. The Kier molecular flexibility index (Phi) is 4.26. The minimum Gasteiger partial charge on any atom is -0.463 e. The number of rotatable bonds is 2. The topological polar surface area (TPSA) is 24.8 Å². The summed E-state index contributed by atoms with van der Waals surface area (Å²) in [5, 5.41) is 7.83. The Bertz CT molecular complexity index is 1070. The summed E-state index contributed by atoms with van der Waals surface area (Å²) >= 11 is 12.7.